The van der Waals surface area contributed by atoms with Gasteiger partial charge in [-0.2, -0.15) is 0 Å². The average molecular weight is 573 g/mol. The molecule has 2 heterocycles. The van der Waals surface area contributed by atoms with Crippen LogP contribution in [0.5, 0.6) is 0 Å². The first kappa shape index (κ1) is 17.4. The number of halogens is 2. The minimum absolute atomic E-state index is 0.175. The number of thiazole rings is 1. The molecule has 0 unspecified atom stereocenters. The molecule has 0 bridgehead atoms. The Morgan fingerprint density at radius 2 is 1.68 bits per heavy atom. The molecule has 0 saturated carbocycles. The molecule has 1 aliphatic heterocycles. The van der Waals surface area contributed by atoms with Gasteiger partial charge in [0, 0.05) is 23.6 Å². The van der Waals surface area contributed by atoms with Crippen molar-refractivity contribution in [2.45, 2.75) is 6.54 Å². The third-order valence-corrected chi connectivity index (χ3v) is 6.77. The lowest BCUT2D eigenvalue weighted by Crippen LogP contribution is -2.31. The molecule has 0 fully saturated rings. The van der Waals surface area contributed by atoms with Gasteiger partial charge in [-0.25, -0.2) is 9.47 Å². The van der Waals surface area contributed by atoms with Crippen molar-refractivity contribution < 1.29 is 9.36 Å². The molecule has 3 nitrogen and oxygen atoms in total. The van der Waals surface area contributed by atoms with Crippen molar-refractivity contribution in [1.82, 2.24) is 0 Å². The fourth-order valence-electron chi connectivity index (χ4n) is 3.01. The predicted octanol–water partition coefficient (Wildman–Crippen LogP) is 4.61. The highest BCUT2D eigenvalue weighted by molar-refractivity contribution is 14.1. The van der Waals surface area contributed by atoms with Crippen LogP contribution in [0.15, 0.2) is 53.9 Å². The second-order valence-corrected chi connectivity index (χ2v) is 9.24. The van der Waals surface area contributed by atoms with Crippen molar-refractivity contribution in [3.8, 4) is 11.3 Å². The normalized spacial score (nSPS) is 13.1. The average Bonchev–Trinajstić information content (AvgIpc) is 3.19. The van der Waals surface area contributed by atoms with Gasteiger partial charge in [0.2, 0.25) is 5.78 Å². The van der Waals surface area contributed by atoms with Gasteiger partial charge in [-0.05, 0) is 81.6 Å². The summed E-state index contributed by atoms with van der Waals surface area (Å²) in [5, 5.41) is 3.37. The van der Waals surface area contributed by atoms with Gasteiger partial charge in [-0.1, -0.05) is 23.5 Å². The predicted molar refractivity (Wildman–Crippen MR) is 118 cm³/mol. The Morgan fingerprint density at radius 1 is 1.04 bits per heavy atom. The van der Waals surface area contributed by atoms with Gasteiger partial charge in [0.05, 0.1) is 0 Å². The second kappa shape index (κ2) is 7.32. The number of fused-ring (bicyclic) bond motifs is 1. The quantitative estimate of drug-likeness (QED) is 0.259. The number of benzene rings is 2. The van der Waals surface area contributed by atoms with E-state index in [9.17, 15) is 4.79 Å². The highest BCUT2D eigenvalue weighted by atomic mass is 127. The summed E-state index contributed by atoms with van der Waals surface area (Å²) >= 11 is 6.30. The smallest absolute Gasteiger partial charge is 0.290 e. The van der Waals surface area contributed by atoms with Crippen LogP contribution >= 0.6 is 56.5 Å². The van der Waals surface area contributed by atoms with E-state index in [4.69, 9.17) is 0 Å². The largest absolute Gasteiger partial charge is 0.337 e. The van der Waals surface area contributed by atoms with Crippen molar-refractivity contribution in [3.63, 3.8) is 0 Å². The Labute approximate surface area is 178 Å². The Morgan fingerprint density at radius 3 is 2.36 bits per heavy atom. The van der Waals surface area contributed by atoms with Gasteiger partial charge >= 0.3 is 5.13 Å². The van der Waals surface area contributed by atoms with E-state index in [0.717, 1.165) is 22.2 Å². The van der Waals surface area contributed by atoms with E-state index < -0.39 is 0 Å². The number of aromatic nitrogens is 1. The molecule has 0 atom stereocenters. The Hall–Kier alpha value is -1.000. The Bertz CT molecular complexity index is 920. The minimum Gasteiger partial charge on any atom is -0.290 e. The number of anilines is 1. The van der Waals surface area contributed by atoms with E-state index in [1.165, 1.54) is 20.0 Å². The molecular formula is C19H15I2N2OS+. The molecule has 0 radical (unpaired) electrons. The second-order valence-electron chi connectivity index (χ2n) is 5.91. The van der Waals surface area contributed by atoms with Gasteiger partial charge in [-0.3, -0.25) is 4.79 Å². The summed E-state index contributed by atoms with van der Waals surface area (Å²) in [6, 6.07) is 16.4. The van der Waals surface area contributed by atoms with Crippen LogP contribution < -0.4 is 9.47 Å². The van der Waals surface area contributed by atoms with Crippen LogP contribution in [-0.4, -0.2) is 18.9 Å². The number of carbonyl (C=O) groups excluding carboxylic acids is 1. The maximum absolute atomic E-state index is 12.6. The molecule has 25 heavy (non-hydrogen) atoms. The highest BCUT2D eigenvalue weighted by Crippen LogP contribution is 2.29. The van der Waals surface area contributed by atoms with E-state index in [-0.39, 0.29) is 5.78 Å². The Balaban J connectivity index is 1.55. The monoisotopic (exact) mass is 573 g/mol. The zero-order valence-electron chi connectivity index (χ0n) is 13.3. The SMILES string of the molecule is O=C(CN1CC[n+]2c(-c3ccc(I)cc3)csc21)c1ccc(I)cc1. The van der Waals surface area contributed by atoms with Crippen LogP contribution in [0.2, 0.25) is 0 Å². The number of ketones is 1. The molecular weight excluding hydrogens is 558 g/mol. The number of Topliss-reactive ketones (excluding diaryl/α,β-unsaturated/α-hetero) is 1. The van der Waals surface area contributed by atoms with Crippen molar-refractivity contribution in [2.75, 3.05) is 18.0 Å². The number of nitrogens with zero attached hydrogens (tertiary/aromatic N) is 2. The van der Waals surface area contributed by atoms with E-state index in [1.54, 1.807) is 11.3 Å². The zero-order valence-corrected chi connectivity index (χ0v) is 18.4. The summed E-state index contributed by atoms with van der Waals surface area (Å²) in [4.78, 5) is 14.8. The topological polar surface area (TPSA) is 24.2 Å². The summed E-state index contributed by atoms with van der Waals surface area (Å²) in [6.45, 7) is 2.26. The molecule has 0 spiro atoms. The molecule has 4 rings (SSSR count). The van der Waals surface area contributed by atoms with E-state index in [2.05, 4.69) is 84.3 Å². The van der Waals surface area contributed by atoms with Crippen molar-refractivity contribution >= 4 is 67.4 Å². The molecule has 0 amide bonds. The van der Waals surface area contributed by atoms with Crippen molar-refractivity contribution in [3.05, 3.63) is 66.6 Å². The van der Waals surface area contributed by atoms with Gasteiger partial charge in [0.25, 0.3) is 0 Å². The fourth-order valence-corrected chi connectivity index (χ4v) is 4.83. The summed E-state index contributed by atoms with van der Waals surface area (Å²) < 4.78 is 4.71. The van der Waals surface area contributed by atoms with Crippen LogP contribution in [0.1, 0.15) is 10.4 Å². The van der Waals surface area contributed by atoms with Crippen molar-refractivity contribution in [2.24, 2.45) is 0 Å². The molecule has 0 aliphatic carbocycles. The lowest BCUT2D eigenvalue weighted by Gasteiger charge is -2.07. The maximum atomic E-state index is 12.6. The third-order valence-electron chi connectivity index (χ3n) is 4.30. The van der Waals surface area contributed by atoms with Crippen molar-refractivity contribution in [1.29, 1.82) is 0 Å². The number of carbonyl (C=O) groups is 1. The van der Waals surface area contributed by atoms with Crippen LogP contribution in [0.4, 0.5) is 5.13 Å². The molecule has 2 aromatic carbocycles. The number of hydrogen-bond donors (Lipinski definition) is 0. The van der Waals surface area contributed by atoms with E-state index in [0.29, 0.717) is 6.54 Å². The first-order chi connectivity index (χ1) is 12.1. The molecule has 126 valence electrons. The summed E-state index contributed by atoms with van der Waals surface area (Å²) in [5.41, 5.74) is 3.25. The van der Waals surface area contributed by atoms with Gasteiger partial charge < -0.3 is 0 Å². The molecule has 1 aliphatic rings. The molecule has 3 aromatic rings. The third kappa shape index (κ3) is 3.61. The number of hydrogen-bond acceptors (Lipinski definition) is 3. The van der Waals surface area contributed by atoms with E-state index >= 15 is 0 Å². The summed E-state index contributed by atoms with van der Waals surface area (Å²) in [5.74, 6) is 0.175. The van der Waals surface area contributed by atoms with Gasteiger partial charge in [0.1, 0.15) is 25.3 Å². The summed E-state index contributed by atoms with van der Waals surface area (Å²) in [6.07, 6.45) is 0. The van der Waals surface area contributed by atoms with Crippen LogP contribution in [0.3, 0.4) is 0 Å². The molecule has 0 saturated heterocycles. The molecule has 6 heteroatoms. The van der Waals surface area contributed by atoms with Crippen LogP contribution in [0.25, 0.3) is 11.3 Å². The first-order valence-electron chi connectivity index (χ1n) is 7.93. The van der Waals surface area contributed by atoms with Crippen LogP contribution in [0, 0.1) is 7.14 Å². The number of rotatable bonds is 4. The fraction of sp³-hybridized carbons (Fsp3) is 0.158. The zero-order chi connectivity index (χ0) is 17.4. The highest BCUT2D eigenvalue weighted by Gasteiger charge is 2.33. The lowest BCUT2D eigenvalue weighted by atomic mass is 10.1. The van der Waals surface area contributed by atoms with Crippen LogP contribution in [-0.2, 0) is 6.54 Å². The molecule has 1 aromatic heterocycles. The van der Waals surface area contributed by atoms with E-state index in [1.807, 2.05) is 24.3 Å². The summed E-state index contributed by atoms with van der Waals surface area (Å²) in [7, 11) is 0. The minimum atomic E-state index is 0.175. The van der Waals surface area contributed by atoms with Gasteiger partial charge in [-0.15, -0.1) is 0 Å². The Kier molecular flexibility index (Phi) is 5.10. The molecule has 0 N–H and O–H groups in total. The standard InChI is InChI=1S/C19H15I2N2OS/c20-15-5-1-13(2-6-15)17-12-25-19-22(9-10-23(17)19)11-18(24)14-3-7-16(21)8-4-14/h1-8,12H,9-11H2/q+1. The first-order valence-corrected chi connectivity index (χ1v) is 11.0. The maximum Gasteiger partial charge on any atom is 0.337 e. The van der Waals surface area contributed by atoms with Gasteiger partial charge in [0.15, 0.2) is 0 Å². The lowest BCUT2D eigenvalue weighted by molar-refractivity contribution is -0.656.